The van der Waals surface area contributed by atoms with Crippen LogP contribution in [0.4, 0.5) is 0 Å². The summed E-state index contributed by atoms with van der Waals surface area (Å²) in [6.07, 6.45) is 1.67. The van der Waals surface area contributed by atoms with E-state index < -0.39 is 0 Å². The molecule has 2 N–H and O–H groups in total. The molecule has 14 heavy (non-hydrogen) atoms. The summed E-state index contributed by atoms with van der Waals surface area (Å²) in [7, 11) is 1.51. The third-order valence-electron chi connectivity index (χ3n) is 1.67. The lowest BCUT2D eigenvalue weighted by molar-refractivity contribution is 0.373. The second-order valence-corrected chi connectivity index (χ2v) is 2.70. The van der Waals surface area contributed by atoms with E-state index in [9.17, 15) is 5.11 Å². The van der Waals surface area contributed by atoms with Crippen LogP contribution in [-0.2, 0) is 0 Å². The standard InChI is InChI=1S/C10H14N2O2/c1-3-11-12-7-8-4-5-9(13)10(6-8)14-2/h4-7,11,13H,3H2,1-2H3. The van der Waals surface area contributed by atoms with Crippen LogP contribution in [0.25, 0.3) is 0 Å². The number of nitrogens with zero attached hydrogens (tertiary/aromatic N) is 1. The van der Waals surface area contributed by atoms with Gasteiger partial charge in [-0.1, -0.05) is 0 Å². The Balaban J connectivity index is 2.79. The average molecular weight is 194 g/mol. The number of ether oxygens (including phenoxy) is 1. The van der Waals surface area contributed by atoms with Gasteiger partial charge in [-0.05, 0) is 30.7 Å². The van der Waals surface area contributed by atoms with Gasteiger partial charge in [0.15, 0.2) is 11.5 Å². The summed E-state index contributed by atoms with van der Waals surface area (Å²) in [5, 5.41) is 13.3. The van der Waals surface area contributed by atoms with Crippen molar-refractivity contribution in [2.24, 2.45) is 5.10 Å². The zero-order valence-electron chi connectivity index (χ0n) is 8.32. The first-order valence-corrected chi connectivity index (χ1v) is 4.41. The van der Waals surface area contributed by atoms with Crippen molar-refractivity contribution in [3.8, 4) is 11.5 Å². The molecule has 0 saturated carbocycles. The van der Waals surface area contributed by atoms with E-state index >= 15 is 0 Å². The van der Waals surface area contributed by atoms with E-state index in [0.29, 0.717) is 5.75 Å². The van der Waals surface area contributed by atoms with Crippen molar-refractivity contribution in [2.75, 3.05) is 13.7 Å². The minimum Gasteiger partial charge on any atom is -0.504 e. The van der Waals surface area contributed by atoms with Crippen LogP contribution in [0.2, 0.25) is 0 Å². The van der Waals surface area contributed by atoms with E-state index in [1.165, 1.54) is 7.11 Å². The first-order chi connectivity index (χ1) is 6.77. The molecule has 0 aliphatic heterocycles. The highest BCUT2D eigenvalue weighted by Crippen LogP contribution is 2.25. The van der Waals surface area contributed by atoms with E-state index in [1.807, 2.05) is 6.92 Å². The molecule has 4 nitrogen and oxygen atoms in total. The van der Waals surface area contributed by atoms with Crippen LogP contribution in [0.5, 0.6) is 11.5 Å². The van der Waals surface area contributed by atoms with Crippen LogP contribution in [0.1, 0.15) is 12.5 Å². The van der Waals surface area contributed by atoms with E-state index in [4.69, 9.17) is 4.74 Å². The molecular weight excluding hydrogens is 180 g/mol. The summed E-state index contributed by atoms with van der Waals surface area (Å²) >= 11 is 0. The normalized spacial score (nSPS) is 10.4. The molecule has 0 amide bonds. The lowest BCUT2D eigenvalue weighted by Crippen LogP contribution is -2.03. The quantitative estimate of drug-likeness (QED) is 0.562. The maximum atomic E-state index is 9.32. The summed E-state index contributed by atoms with van der Waals surface area (Å²) in [5.41, 5.74) is 3.69. The van der Waals surface area contributed by atoms with Crippen molar-refractivity contribution in [3.63, 3.8) is 0 Å². The Morgan fingerprint density at radius 3 is 3.00 bits per heavy atom. The number of rotatable bonds is 4. The van der Waals surface area contributed by atoms with Gasteiger partial charge in [-0.2, -0.15) is 5.10 Å². The molecule has 1 aromatic carbocycles. The Morgan fingerprint density at radius 2 is 2.36 bits per heavy atom. The summed E-state index contributed by atoms with van der Waals surface area (Å²) in [4.78, 5) is 0. The molecule has 0 heterocycles. The number of phenols is 1. The van der Waals surface area contributed by atoms with Gasteiger partial charge in [0, 0.05) is 6.54 Å². The van der Waals surface area contributed by atoms with E-state index in [2.05, 4.69) is 10.5 Å². The van der Waals surface area contributed by atoms with Gasteiger partial charge in [0.05, 0.1) is 13.3 Å². The SMILES string of the molecule is CCNN=Cc1ccc(O)c(OC)c1. The maximum Gasteiger partial charge on any atom is 0.161 e. The summed E-state index contributed by atoms with van der Waals surface area (Å²) in [5.74, 6) is 0.582. The van der Waals surface area contributed by atoms with Crippen LogP contribution in [0, 0.1) is 0 Å². The fourth-order valence-electron chi connectivity index (χ4n) is 0.986. The van der Waals surface area contributed by atoms with Gasteiger partial charge in [0.1, 0.15) is 0 Å². The van der Waals surface area contributed by atoms with Gasteiger partial charge in [0.25, 0.3) is 0 Å². The molecule has 76 valence electrons. The van der Waals surface area contributed by atoms with Crippen molar-refractivity contribution < 1.29 is 9.84 Å². The van der Waals surface area contributed by atoms with Crippen LogP contribution < -0.4 is 10.2 Å². The number of hydrazone groups is 1. The number of nitrogens with one attached hydrogen (secondary N) is 1. The highest BCUT2D eigenvalue weighted by atomic mass is 16.5. The number of phenolic OH excluding ortho intramolecular Hbond substituents is 1. The lowest BCUT2D eigenvalue weighted by Gasteiger charge is -2.03. The Morgan fingerprint density at radius 1 is 1.57 bits per heavy atom. The van der Waals surface area contributed by atoms with E-state index in [-0.39, 0.29) is 5.75 Å². The van der Waals surface area contributed by atoms with Crippen molar-refractivity contribution in [2.45, 2.75) is 6.92 Å². The van der Waals surface area contributed by atoms with Gasteiger partial charge in [-0.15, -0.1) is 0 Å². The zero-order chi connectivity index (χ0) is 10.4. The van der Waals surface area contributed by atoms with Crippen molar-refractivity contribution >= 4 is 6.21 Å². The molecule has 1 aromatic rings. The molecule has 0 atom stereocenters. The fourth-order valence-corrected chi connectivity index (χ4v) is 0.986. The minimum atomic E-state index is 0.133. The number of methoxy groups -OCH3 is 1. The van der Waals surface area contributed by atoms with Gasteiger partial charge in [-0.3, -0.25) is 0 Å². The Hall–Kier alpha value is -1.71. The predicted octanol–water partition coefficient (Wildman–Crippen LogP) is 1.34. The van der Waals surface area contributed by atoms with Gasteiger partial charge in [-0.25, -0.2) is 0 Å². The minimum absolute atomic E-state index is 0.133. The molecule has 0 fully saturated rings. The van der Waals surface area contributed by atoms with Crippen molar-refractivity contribution in [1.29, 1.82) is 0 Å². The predicted molar refractivity (Wildman–Crippen MR) is 55.9 cm³/mol. The van der Waals surface area contributed by atoms with Gasteiger partial charge >= 0.3 is 0 Å². The highest BCUT2D eigenvalue weighted by molar-refractivity contribution is 5.80. The molecule has 0 bridgehead atoms. The molecule has 0 radical (unpaired) electrons. The topological polar surface area (TPSA) is 53.9 Å². The third-order valence-corrected chi connectivity index (χ3v) is 1.67. The van der Waals surface area contributed by atoms with Crippen molar-refractivity contribution in [3.05, 3.63) is 23.8 Å². The van der Waals surface area contributed by atoms with Crippen LogP contribution in [-0.4, -0.2) is 25.0 Å². The van der Waals surface area contributed by atoms with Crippen molar-refractivity contribution in [1.82, 2.24) is 5.43 Å². The second kappa shape index (κ2) is 5.11. The first-order valence-electron chi connectivity index (χ1n) is 4.41. The van der Waals surface area contributed by atoms with Gasteiger partial charge in [0.2, 0.25) is 0 Å². The zero-order valence-corrected chi connectivity index (χ0v) is 8.32. The number of hydrogen-bond acceptors (Lipinski definition) is 4. The summed E-state index contributed by atoms with van der Waals surface area (Å²) in [6, 6.07) is 5.06. The molecular formula is C10H14N2O2. The number of aromatic hydroxyl groups is 1. The van der Waals surface area contributed by atoms with E-state index in [1.54, 1.807) is 24.4 Å². The van der Waals surface area contributed by atoms with Crippen LogP contribution in [0.15, 0.2) is 23.3 Å². The van der Waals surface area contributed by atoms with E-state index in [0.717, 1.165) is 12.1 Å². The summed E-state index contributed by atoms with van der Waals surface area (Å²) < 4.78 is 4.96. The fraction of sp³-hybridized carbons (Fsp3) is 0.300. The molecule has 4 heteroatoms. The third kappa shape index (κ3) is 2.65. The molecule has 0 spiro atoms. The Kier molecular flexibility index (Phi) is 3.79. The second-order valence-electron chi connectivity index (χ2n) is 2.70. The van der Waals surface area contributed by atoms with Crippen LogP contribution in [0.3, 0.4) is 0 Å². The monoisotopic (exact) mass is 194 g/mol. The Bertz CT molecular complexity index is 324. The van der Waals surface area contributed by atoms with Gasteiger partial charge < -0.3 is 15.3 Å². The smallest absolute Gasteiger partial charge is 0.161 e. The number of benzene rings is 1. The molecule has 0 unspecified atom stereocenters. The first kappa shape index (κ1) is 10.4. The number of hydrogen-bond donors (Lipinski definition) is 2. The largest absolute Gasteiger partial charge is 0.504 e. The molecule has 0 aliphatic rings. The molecule has 0 aliphatic carbocycles. The summed E-state index contributed by atoms with van der Waals surface area (Å²) in [6.45, 7) is 2.75. The molecule has 0 saturated heterocycles. The molecule has 1 rings (SSSR count). The van der Waals surface area contributed by atoms with Crippen LogP contribution >= 0.6 is 0 Å². The maximum absolute atomic E-state index is 9.32. The average Bonchev–Trinajstić information content (AvgIpc) is 2.21. The Labute approximate surface area is 83.2 Å². The highest BCUT2D eigenvalue weighted by Gasteiger charge is 2.00. The molecule has 0 aromatic heterocycles. The lowest BCUT2D eigenvalue weighted by atomic mass is 10.2.